The maximum atomic E-state index is 5.73. The van der Waals surface area contributed by atoms with E-state index in [9.17, 15) is 0 Å². The van der Waals surface area contributed by atoms with Crippen LogP contribution in [0.1, 0.15) is 15.6 Å². The number of aromatic nitrogens is 1. The first-order valence-corrected chi connectivity index (χ1v) is 6.41. The molecule has 0 spiro atoms. The number of nitrogens with zero attached hydrogens (tertiary/aromatic N) is 1. The Bertz CT molecular complexity index is 532. The Morgan fingerprint density at radius 2 is 2.06 bits per heavy atom. The summed E-state index contributed by atoms with van der Waals surface area (Å²) in [5, 5.41) is 0.953. The molecule has 0 atom stereocenters. The highest BCUT2D eigenvalue weighted by Crippen LogP contribution is 2.30. The summed E-state index contributed by atoms with van der Waals surface area (Å²) in [7, 11) is 1.61. The predicted molar refractivity (Wildman–Crippen MR) is 73.3 cm³/mol. The Kier molecular flexibility index (Phi) is 3.72. The second kappa shape index (κ2) is 5.27. The Morgan fingerprint density at radius 1 is 1.28 bits per heavy atom. The summed E-state index contributed by atoms with van der Waals surface area (Å²) in [6, 6.07) is 5.33. The first-order chi connectivity index (χ1) is 8.60. The van der Waals surface area contributed by atoms with Crippen LogP contribution in [-0.4, -0.2) is 12.1 Å². The quantitative estimate of drug-likeness (QED) is 0.863. The molecule has 2 rings (SSSR count). The minimum atomic E-state index is 0.430. The zero-order valence-corrected chi connectivity index (χ0v) is 11.5. The van der Waals surface area contributed by atoms with Crippen LogP contribution in [0.5, 0.6) is 11.5 Å². The van der Waals surface area contributed by atoms with Crippen molar-refractivity contribution in [3.05, 3.63) is 33.8 Å². The van der Waals surface area contributed by atoms with Crippen molar-refractivity contribution in [2.75, 3.05) is 12.8 Å². The van der Waals surface area contributed by atoms with Crippen molar-refractivity contribution < 1.29 is 9.47 Å². The Balaban J connectivity index is 2.12. The first kappa shape index (κ1) is 12.7. The average molecular weight is 264 g/mol. The number of benzene rings is 1. The fraction of sp³-hybridized carbons (Fsp3) is 0.308. The van der Waals surface area contributed by atoms with Gasteiger partial charge in [-0.2, -0.15) is 0 Å². The molecule has 1 heterocycles. The smallest absolute Gasteiger partial charge is 0.163 e. The largest absolute Gasteiger partial charge is 0.493 e. The molecule has 0 fully saturated rings. The van der Waals surface area contributed by atoms with Gasteiger partial charge in [-0.15, -0.1) is 11.3 Å². The lowest BCUT2D eigenvalue weighted by atomic mass is 10.3. The van der Waals surface area contributed by atoms with E-state index >= 15 is 0 Å². The van der Waals surface area contributed by atoms with E-state index in [1.807, 2.05) is 6.92 Å². The maximum Gasteiger partial charge on any atom is 0.163 e. The molecule has 0 saturated heterocycles. The molecule has 0 unspecified atom stereocenters. The van der Waals surface area contributed by atoms with Crippen molar-refractivity contribution in [1.29, 1.82) is 0 Å². The van der Waals surface area contributed by atoms with Crippen LogP contribution in [-0.2, 0) is 6.61 Å². The number of hydrogen-bond acceptors (Lipinski definition) is 5. The average Bonchev–Trinajstić information content (AvgIpc) is 2.66. The van der Waals surface area contributed by atoms with E-state index < -0.39 is 0 Å². The molecule has 4 nitrogen and oxygen atoms in total. The van der Waals surface area contributed by atoms with Gasteiger partial charge in [0.2, 0.25) is 0 Å². The fourth-order valence-corrected chi connectivity index (χ4v) is 2.39. The van der Waals surface area contributed by atoms with E-state index in [2.05, 4.69) is 11.9 Å². The predicted octanol–water partition coefficient (Wildman–Crippen LogP) is 2.93. The number of ether oxygens (including phenoxy) is 2. The minimum absolute atomic E-state index is 0.430. The lowest BCUT2D eigenvalue weighted by Crippen LogP contribution is -1.98. The molecule has 0 amide bonds. The van der Waals surface area contributed by atoms with Gasteiger partial charge in [0, 0.05) is 16.6 Å². The van der Waals surface area contributed by atoms with E-state index in [1.165, 1.54) is 4.88 Å². The number of methoxy groups -OCH3 is 1. The third kappa shape index (κ3) is 2.73. The zero-order valence-electron chi connectivity index (χ0n) is 10.7. The molecule has 0 bridgehead atoms. The summed E-state index contributed by atoms with van der Waals surface area (Å²) in [6.45, 7) is 4.48. The van der Waals surface area contributed by atoms with Crippen LogP contribution < -0.4 is 15.2 Å². The van der Waals surface area contributed by atoms with Crippen LogP contribution in [0.25, 0.3) is 0 Å². The SMILES string of the molecule is COc1ccc(N)cc1OCc1nc(C)c(C)s1. The highest BCUT2D eigenvalue weighted by molar-refractivity contribution is 7.11. The van der Waals surface area contributed by atoms with Crippen molar-refractivity contribution >= 4 is 17.0 Å². The third-order valence-electron chi connectivity index (χ3n) is 2.61. The molecule has 1 aromatic carbocycles. The summed E-state index contributed by atoms with van der Waals surface area (Å²) < 4.78 is 10.9. The summed E-state index contributed by atoms with van der Waals surface area (Å²) >= 11 is 1.64. The van der Waals surface area contributed by atoms with Gasteiger partial charge in [-0.1, -0.05) is 0 Å². The topological polar surface area (TPSA) is 57.4 Å². The first-order valence-electron chi connectivity index (χ1n) is 5.59. The number of nitrogen functional groups attached to an aromatic ring is 1. The maximum absolute atomic E-state index is 5.73. The number of rotatable bonds is 4. The molecule has 96 valence electrons. The number of thiazole rings is 1. The van der Waals surface area contributed by atoms with Gasteiger partial charge in [-0.05, 0) is 26.0 Å². The van der Waals surface area contributed by atoms with Crippen LogP contribution in [0.15, 0.2) is 18.2 Å². The summed E-state index contributed by atoms with van der Waals surface area (Å²) in [5.41, 5.74) is 7.43. The number of nitrogens with two attached hydrogens (primary N) is 1. The van der Waals surface area contributed by atoms with E-state index in [0.717, 1.165) is 10.7 Å². The summed E-state index contributed by atoms with van der Waals surface area (Å²) in [5.74, 6) is 1.32. The van der Waals surface area contributed by atoms with Crippen molar-refractivity contribution in [2.45, 2.75) is 20.5 Å². The molecule has 5 heteroatoms. The van der Waals surface area contributed by atoms with Gasteiger partial charge in [0.05, 0.1) is 12.8 Å². The molecular weight excluding hydrogens is 248 g/mol. The van der Waals surface area contributed by atoms with Gasteiger partial charge >= 0.3 is 0 Å². The van der Waals surface area contributed by atoms with Gasteiger partial charge in [-0.25, -0.2) is 4.98 Å². The Hall–Kier alpha value is -1.75. The molecule has 1 aromatic heterocycles. The fourth-order valence-electron chi connectivity index (χ4n) is 1.55. The van der Waals surface area contributed by atoms with Gasteiger partial charge in [0.1, 0.15) is 11.6 Å². The zero-order chi connectivity index (χ0) is 13.1. The Morgan fingerprint density at radius 3 is 2.67 bits per heavy atom. The van der Waals surface area contributed by atoms with Gasteiger partial charge < -0.3 is 15.2 Å². The highest BCUT2D eigenvalue weighted by Gasteiger charge is 2.08. The second-order valence-corrected chi connectivity index (χ2v) is 5.24. The van der Waals surface area contributed by atoms with Crippen LogP contribution in [0, 0.1) is 13.8 Å². The van der Waals surface area contributed by atoms with Crippen molar-refractivity contribution in [3.8, 4) is 11.5 Å². The van der Waals surface area contributed by atoms with Gasteiger partial charge in [-0.3, -0.25) is 0 Å². The molecule has 0 radical (unpaired) electrons. The molecular formula is C13H16N2O2S. The lowest BCUT2D eigenvalue weighted by Gasteiger charge is -2.09. The molecule has 18 heavy (non-hydrogen) atoms. The monoisotopic (exact) mass is 264 g/mol. The number of aryl methyl sites for hydroxylation is 2. The molecule has 2 aromatic rings. The second-order valence-electron chi connectivity index (χ2n) is 3.95. The van der Waals surface area contributed by atoms with Crippen molar-refractivity contribution in [3.63, 3.8) is 0 Å². The van der Waals surface area contributed by atoms with E-state index in [0.29, 0.717) is 23.8 Å². The molecule has 0 saturated carbocycles. The van der Waals surface area contributed by atoms with Crippen molar-refractivity contribution in [1.82, 2.24) is 4.98 Å². The van der Waals surface area contributed by atoms with E-state index in [4.69, 9.17) is 15.2 Å². The van der Waals surface area contributed by atoms with E-state index in [-0.39, 0.29) is 0 Å². The van der Waals surface area contributed by atoms with Crippen LogP contribution in [0.4, 0.5) is 5.69 Å². The molecule has 0 aliphatic rings. The highest BCUT2D eigenvalue weighted by atomic mass is 32.1. The Labute approximate surface area is 110 Å². The standard InChI is InChI=1S/C13H16N2O2S/c1-8-9(2)18-13(15-8)7-17-12-6-10(14)4-5-11(12)16-3/h4-6H,7,14H2,1-3H3. The van der Waals surface area contributed by atoms with E-state index in [1.54, 1.807) is 36.6 Å². The van der Waals surface area contributed by atoms with Crippen molar-refractivity contribution in [2.24, 2.45) is 0 Å². The van der Waals surface area contributed by atoms with Gasteiger partial charge in [0.25, 0.3) is 0 Å². The number of hydrogen-bond donors (Lipinski definition) is 1. The lowest BCUT2D eigenvalue weighted by molar-refractivity contribution is 0.284. The summed E-state index contributed by atoms with van der Waals surface area (Å²) in [6.07, 6.45) is 0. The minimum Gasteiger partial charge on any atom is -0.493 e. The molecule has 0 aliphatic carbocycles. The van der Waals surface area contributed by atoms with Gasteiger partial charge in [0.15, 0.2) is 11.5 Å². The number of anilines is 1. The summed E-state index contributed by atoms with van der Waals surface area (Å²) in [4.78, 5) is 5.64. The van der Waals surface area contributed by atoms with Crippen LogP contribution >= 0.6 is 11.3 Å². The molecule has 0 aliphatic heterocycles. The van der Waals surface area contributed by atoms with Crippen LogP contribution in [0.2, 0.25) is 0 Å². The third-order valence-corrected chi connectivity index (χ3v) is 3.66. The van der Waals surface area contributed by atoms with Crippen LogP contribution in [0.3, 0.4) is 0 Å². The normalized spacial score (nSPS) is 10.4. The molecule has 2 N–H and O–H groups in total.